The summed E-state index contributed by atoms with van der Waals surface area (Å²) in [6.45, 7) is 2.65. The SMILES string of the molecule is Cl.O=C(NC1=NC[C@H]2CNC[C@]2(c2cccs2)S1)c1ccccc1. The van der Waals surface area contributed by atoms with Crippen molar-refractivity contribution in [2.75, 3.05) is 19.6 Å². The lowest BCUT2D eigenvalue weighted by molar-refractivity contribution is 0.0977. The monoisotopic (exact) mass is 379 g/mol. The predicted octanol–water partition coefficient (Wildman–Crippen LogP) is 3.12. The van der Waals surface area contributed by atoms with Crippen LogP contribution in [-0.4, -0.2) is 30.7 Å². The molecule has 4 nitrogen and oxygen atoms in total. The van der Waals surface area contributed by atoms with Gasteiger partial charge < -0.3 is 10.6 Å². The largest absolute Gasteiger partial charge is 0.315 e. The number of fused-ring (bicyclic) bond motifs is 1. The Morgan fingerprint density at radius 2 is 2.08 bits per heavy atom. The van der Waals surface area contributed by atoms with E-state index in [9.17, 15) is 4.79 Å². The van der Waals surface area contributed by atoms with E-state index >= 15 is 0 Å². The van der Waals surface area contributed by atoms with E-state index in [1.165, 1.54) is 4.88 Å². The second-order valence-corrected chi connectivity index (χ2v) is 8.03. The van der Waals surface area contributed by atoms with Gasteiger partial charge in [-0.05, 0) is 23.6 Å². The van der Waals surface area contributed by atoms with E-state index < -0.39 is 0 Å². The van der Waals surface area contributed by atoms with Crippen LogP contribution in [0, 0.1) is 5.92 Å². The molecule has 7 heteroatoms. The van der Waals surface area contributed by atoms with Crippen molar-refractivity contribution in [3.63, 3.8) is 0 Å². The Hall–Kier alpha value is -1.34. The topological polar surface area (TPSA) is 53.5 Å². The molecule has 0 saturated carbocycles. The Morgan fingerprint density at radius 1 is 1.25 bits per heavy atom. The molecule has 1 saturated heterocycles. The average molecular weight is 380 g/mol. The van der Waals surface area contributed by atoms with Gasteiger partial charge in [-0.3, -0.25) is 9.79 Å². The number of carbonyl (C=O) groups is 1. The summed E-state index contributed by atoms with van der Waals surface area (Å²) in [4.78, 5) is 18.3. The van der Waals surface area contributed by atoms with E-state index in [2.05, 4.69) is 33.1 Å². The van der Waals surface area contributed by atoms with Crippen molar-refractivity contribution < 1.29 is 4.79 Å². The highest BCUT2D eigenvalue weighted by atomic mass is 35.5. The molecule has 4 rings (SSSR count). The van der Waals surface area contributed by atoms with Crippen LogP contribution in [0.25, 0.3) is 0 Å². The van der Waals surface area contributed by atoms with Gasteiger partial charge in [0.2, 0.25) is 0 Å². The predicted molar refractivity (Wildman–Crippen MR) is 103 cm³/mol. The number of benzene rings is 1. The number of hydrogen-bond acceptors (Lipinski definition) is 5. The van der Waals surface area contributed by atoms with Gasteiger partial charge in [-0.2, -0.15) is 0 Å². The zero-order valence-corrected chi connectivity index (χ0v) is 15.3. The summed E-state index contributed by atoms with van der Waals surface area (Å²) in [7, 11) is 0. The molecule has 3 heterocycles. The Bertz CT molecular complexity index is 736. The molecule has 0 bridgehead atoms. The highest BCUT2D eigenvalue weighted by molar-refractivity contribution is 8.14. The Kier molecular flexibility index (Phi) is 5.30. The molecule has 2 aliphatic rings. The van der Waals surface area contributed by atoms with Gasteiger partial charge >= 0.3 is 0 Å². The molecule has 0 aliphatic carbocycles. The van der Waals surface area contributed by atoms with Gasteiger partial charge in [0.25, 0.3) is 5.91 Å². The molecule has 2 aliphatic heterocycles. The van der Waals surface area contributed by atoms with Crippen LogP contribution in [0.1, 0.15) is 15.2 Å². The van der Waals surface area contributed by atoms with Gasteiger partial charge in [-0.1, -0.05) is 36.0 Å². The Morgan fingerprint density at radius 3 is 2.83 bits per heavy atom. The highest BCUT2D eigenvalue weighted by Crippen LogP contribution is 2.49. The number of aliphatic imine (C=N–C) groups is 1. The smallest absolute Gasteiger partial charge is 0.257 e. The number of thioether (sulfide) groups is 1. The van der Waals surface area contributed by atoms with Crippen LogP contribution in [-0.2, 0) is 4.75 Å². The van der Waals surface area contributed by atoms with Crippen molar-refractivity contribution in [3.8, 4) is 0 Å². The van der Waals surface area contributed by atoms with E-state index in [0.29, 0.717) is 11.5 Å². The minimum Gasteiger partial charge on any atom is -0.315 e. The quantitative estimate of drug-likeness (QED) is 0.842. The maximum absolute atomic E-state index is 12.4. The zero-order valence-electron chi connectivity index (χ0n) is 12.9. The molecule has 126 valence electrons. The number of rotatable bonds is 2. The highest BCUT2D eigenvalue weighted by Gasteiger charge is 2.49. The van der Waals surface area contributed by atoms with E-state index in [0.717, 1.165) is 24.8 Å². The molecular formula is C17H18ClN3OS2. The first kappa shape index (κ1) is 17.5. The van der Waals surface area contributed by atoms with Crippen molar-refractivity contribution in [3.05, 3.63) is 58.3 Å². The molecular weight excluding hydrogens is 362 g/mol. The van der Waals surface area contributed by atoms with Crippen LogP contribution < -0.4 is 10.6 Å². The number of nitrogens with zero attached hydrogens (tertiary/aromatic N) is 1. The summed E-state index contributed by atoms with van der Waals surface area (Å²) < 4.78 is -0.00474. The van der Waals surface area contributed by atoms with Gasteiger partial charge in [0.15, 0.2) is 5.17 Å². The minimum absolute atomic E-state index is 0. The maximum Gasteiger partial charge on any atom is 0.257 e. The Balaban J connectivity index is 0.00000169. The molecule has 1 aromatic heterocycles. The third-order valence-corrected chi connectivity index (χ3v) is 7.03. The van der Waals surface area contributed by atoms with E-state index in [4.69, 9.17) is 0 Å². The number of carbonyl (C=O) groups excluding carboxylic acids is 1. The van der Waals surface area contributed by atoms with Crippen LogP contribution >= 0.6 is 35.5 Å². The van der Waals surface area contributed by atoms with Crippen LogP contribution in [0.4, 0.5) is 0 Å². The first-order valence-corrected chi connectivity index (χ1v) is 9.32. The maximum atomic E-state index is 12.4. The molecule has 2 atom stereocenters. The molecule has 1 fully saturated rings. The van der Waals surface area contributed by atoms with E-state index in [1.807, 2.05) is 30.3 Å². The Labute approximate surface area is 155 Å². The van der Waals surface area contributed by atoms with Crippen LogP contribution in [0.15, 0.2) is 52.8 Å². The normalized spacial score (nSPS) is 25.3. The molecule has 0 unspecified atom stereocenters. The standard InChI is InChI=1S/C17H17N3OS2.ClH/c21-15(12-5-2-1-3-6-12)20-16-19-10-13-9-18-11-17(13,23-16)14-7-4-8-22-14;/h1-8,13,18H,9-11H2,(H,19,20,21);1H/t13-,17+;/m1./s1. The fourth-order valence-corrected chi connectivity index (χ4v) is 5.62. The fraction of sp³-hybridized carbons (Fsp3) is 0.294. The summed E-state index contributed by atoms with van der Waals surface area (Å²) in [6.07, 6.45) is 0. The summed E-state index contributed by atoms with van der Waals surface area (Å²) >= 11 is 3.48. The van der Waals surface area contributed by atoms with Crippen molar-refractivity contribution in [2.24, 2.45) is 10.9 Å². The number of amides is 1. The molecule has 0 spiro atoms. The van der Waals surface area contributed by atoms with Crippen LogP contribution in [0.3, 0.4) is 0 Å². The van der Waals surface area contributed by atoms with Gasteiger partial charge in [-0.25, -0.2) is 0 Å². The van der Waals surface area contributed by atoms with E-state index in [-0.39, 0.29) is 23.1 Å². The molecule has 1 amide bonds. The number of amidine groups is 1. The molecule has 24 heavy (non-hydrogen) atoms. The molecule has 1 aromatic carbocycles. The summed E-state index contributed by atoms with van der Waals surface area (Å²) in [6, 6.07) is 13.6. The summed E-state index contributed by atoms with van der Waals surface area (Å²) in [5.74, 6) is 0.381. The zero-order chi connectivity index (χ0) is 15.7. The van der Waals surface area contributed by atoms with Crippen molar-refractivity contribution in [2.45, 2.75) is 4.75 Å². The van der Waals surface area contributed by atoms with Crippen molar-refractivity contribution >= 4 is 46.6 Å². The third kappa shape index (κ3) is 3.11. The summed E-state index contributed by atoms with van der Waals surface area (Å²) in [5.41, 5.74) is 0.660. The molecule has 2 N–H and O–H groups in total. The number of nitrogens with one attached hydrogen (secondary N) is 2. The van der Waals surface area contributed by atoms with Gasteiger partial charge in [0.1, 0.15) is 0 Å². The third-order valence-electron chi connectivity index (χ3n) is 4.37. The number of thiophene rings is 1. The average Bonchev–Trinajstić information content (AvgIpc) is 3.25. The van der Waals surface area contributed by atoms with Crippen molar-refractivity contribution in [1.29, 1.82) is 0 Å². The van der Waals surface area contributed by atoms with Gasteiger partial charge in [0, 0.05) is 36.0 Å². The second kappa shape index (κ2) is 7.27. The lowest BCUT2D eigenvalue weighted by atomic mass is 9.93. The second-order valence-electron chi connectivity index (χ2n) is 5.76. The van der Waals surface area contributed by atoms with Gasteiger partial charge in [0.05, 0.1) is 4.75 Å². The number of hydrogen-bond donors (Lipinski definition) is 2. The first-order valence-electron chi connectivity index (χ1n) is 7.62. The van der Waals surface area contributed by atoms with Gasteiger partial charge in [-0.15, -0.1) is 23.7 Å². The van der Waals surface area contributed by atoms with Crippen LogP contribution in [0.5, 0.6) is 0 Å². The molecule has 0 radical (unpaired) electrons. The number of halogens is 1. The van der Waals surface area contributed by atoms with E-state index in [1.54, 1.807) is 23.1 Å². The fourth-order valence-electron chi connectivity index (χ4n) is 3.15. The lowest BCUT2D eigenvalue weighted by Gasteiger charge is -2.36. The minimum atomic E-state index is -0.0948. The summed E-state index contributed by atoms with van der Waals surface area (Å²) in [5, 5.41) is 9.33. The van der Waals surface area contributed by atoms with Crippen LogP contribution in [0.2, 0.25) is 0 Å². The van der Waals surface area contributed by atoms with Crippen molar-refractivity contribution in [1.82, 2.24) is 10.6 Å². The lowest BCUT2D eigenvalue weighted by Crippen LogP contribution is -2.41. The molecule has 2 aromatic rings. The first-order chi connectivity index (χ1) is 11.3.